The third-order valence-electron chi connectivity index (χ3n) is 4.64. The third kappa shape index (κ3) is 4.37. The molecule has 8 heteroatoms. The molecule has 0 radical (unpaired) electrons. The summed E-state index contributed by atoms with van der Waals surface area (Å²) in [4.78, 5) is 0. The Morgan fingerprint density at radius 2 is 1.64 bits per heavy atom. The molecule has 1 heterocycles. The molecular formula is C17H24BF3O4. The van der Waals surface area contributed by atoms with Gasteiger partial charge in [0, 0.05) is 6.61 Å². The first-order valence-corrected chi connectivity index (χ1v) is 8.19. The van der Waals surface area contributed by atoms with Gasteiger partial charge in [-0.1, -0.05) is 12.1 Å². The van der Waals surface area contributed by atoms with Gasteiger partial charge in [-0.2, -0.15) is 13.2 Å². The molecule has 1 aromatic carbocycles. The van der Waals surface area contributed by atoms with Crippen molar-refractivity contribution < 1.29 is 32.0 Å². The highest BCUT2D eigenvalue weighted by Crippen LogP contribution is 2.38. The molecule has 0 bridgehead atoms. The van der Waals surface area contributed by atoms with Crippen LogP contribution in [0.15, 0.2) is 18.2 Å². The molecule has 0 unspecified atom stereocenters. The lowest BCUT2D eigenvalue weighted by Gasteiger charge is -2.32. The molecule has 0 atom stereocenters. The molecule has 140 valence electrons. The molecule has 1 fully saturated rings. The van der Waals surface area contributed by atoms with Gasteiger partial charge in [-0.25, -0.2) is 0 Å². The van der Waals surface area contributed by atoms with E-state index in [-0.39, 0.29) is 19.0 Å². The zero-order valence-electron chi connectivity index (χ0n) is 15.2. The lowest BCUT2D eigenvalue weighted by molar-refractivity contribution is -0.139. The Morgan fingerprint density at radius 1 is 1.04 bits per heavy atom. The van der Waals surface area contributed by atoms with Crippen LogP contribution in [0.4, 0.5) is 13.2 Å². The van der Waals surface area contributed by atoms with Crippen molar-refractivity contribution in [3.63, 3.8) is 0 Å². The van der Waals surface area contributed by atoms with Gasteiger partial charge in [-0.3, -0.25) is 0 Å². The molecule has 1 aromatic rings. The van der Waals surface area contributed by atoms with Gasteiger partial charge in [-0.05, 0) is 51.7 Å². The van der Waals surface area contributed by atoms with E-state index in [0.29, 0.717) is 12.1 Å². The van der Waals surface area contributed by atoms with Gasteiger partial charge >= 0.3 is 13.3 Å². The molecule has 25 heavy (non-hydrogen) atoms. The predicted octanol–water partition coefficient (Wildman–Crippen LogP) is 3.52. The zero-order chi connectivity index (χ0) is 18.9. The second-order valence-electron chi connectivity index (χ2n) is 6.92. The summed E-state index contributed by atoms with van der Waals surface area (Å²) in [7, 11) is -0.891. The maximum atomic E-state index is 13.4. The number of ether oxygens (including phenoxy) is 2. The lowest BCUT2D eigenvalue weighted by atomic mass is 9.74. The Morgan fingerprint density at radius 3 is 2.16 bits per heavy atom. The fourth-order valence-electron chi connectivity index (χ4n) is 2.51. The van der Waals surface area contributed by atoms with Crippen LogP contribution in [0, 0.1) is 0 Å². The van der Waals surface area contributed by atoms with Crippen molar-refractivity contribution in [2.75, 3.05) is 13.4 Å². The smallest absolute Gasteiger partial charge is 0.399 e. The lowest BCUT2D eigenvalue weighted by Crippen LogP contribution is -2.41. The highest BCUT2D eigenvalue weighted by molar-refractivity contribution is 6.62. The fourth-order valence-corrected chi connectivity index (χ4v) is 2.51. The third-order valence-corrected chi connectivity index (χ3v) is 4.64. The van der Waals surface area contributed by atoms with Gasteiger partial charge in [0.05, 0.1) is 23.4 Å². The van der Waals surface area contributed by atoms with Crippen LogP contribution in [0.3, 0.4) is 0 Å². The second-order valence-corrected chi connectivity index (χ2v) is 6.92. The molecule has 1 saturated heterocycles. The summed E-state index contributed by atoms with van der Waals surface area (Å²) in [5.74, 6) is 0. The molecule has 0 aromatic heterocycles. The van der Waals surface area contributed by atoms with E-state index < -0.39 is 30.1 Å². The maximum Gasteiger partial charge on any atom is 0.495 e. The molecule has 1 aliphatic heterocycles. The van der Waals surface area contributed by atoms with E-state index in [9.17, 15) is 13.2 Å². The summed E-state index contributed by atoms with van der Waals surface area (Å²) in [6.45, 7) is 9.30. The number of hydrogen-bond donors (Lipinski definition) is 0. The van der Waals surface area contributed by atoms with Gasteiger partial charge in [0.15, 0.2) is 0 Å². The topological polar surface area (TPSA) is 36.9 Å². The normalized spacial score (nSPS) is 19.4. The van der Waals surface area contributed by atoms with Crippen LogP contribution in [0.1, 0.15) is 45.7 Å². The summed E-state index contributed by atoms with van der Waals surface area (Å²) in [6, 6.07) is 3.97. The molecule has 2 rings (SSSR count). The highest BCUT2D eigenvalue weighted by Gasteiger charge is 2.52. The van der Waals surface area contributed by atoms with E-state index in [1.807, 2.05) is 27.7 Å². The summed E-state index contributed by atoms with van der Waals surface area (Å²) < 4.78 is 62.4. The quantitative estimate of drug-likeness (QED) is 0.442. The summed E-state index contributed by atoms with van der Waals surface area (Å²) in [6.07, 6.45) is -4.50. The molecule has 0 saturated carbocycles. The van der Waals surface area contributed by atoms with E-state index >= 15 is 0 Å². The van der Waals surface area contributed by atoms with E-state index in [1.165, 1.54) is 6.07 Å². The molecule has 0 spiro atoms. The van der Waals surface area contributed by atoms with E-state index in [2.05, 4.69) is 0 Å². The van der Waals surface area contributed by atoms with Crippen molar-refractivity contribution >= 4 is 12.6 Å². The van der Waals surface area contributed by atoms with Gasteiger partial charge in [0.2, 0.25) is 0 Å². The van der Waals surface area contributed by atoms with E-state index in [4.69, 9.17) is 18.8 Å². The fraction of sp³-hybridized carbons (Fsp3) is 0.647. The number of alkyl halides is 3. The summed E-state index contributed by atoms with van der Waals surface area (Å²) >= 11 is 0. The van der Waals surface area contributed by atoms with Gasteiger partial charge in [0.1, 0.15) is 6.79 Å². The first-order valence-electron chi connectivity index (χ1n) is 8.19. The van der Waals surface area contributed by atoms with Crippen molar-refractivity contribution in [1.82, 2.24) is 0 Å². The minimum Gasteiger partial charge on any atom is -0.399 e. The number of benzene rings is 1. The maximum absolute atomic E-state index is 13.4. The number of rotatable bonds is 6. The number of hydrogen-bond acceptors (Lipinski definition) is 4. The zero-order valence-corrected chi connectivity index (χ0v) is 15.2. The highest BCUT2D eigenvalue weighted by atomic mass is 19.4. The Bertz CT molecular complexity index is 586. The minimum absolute atomic E-state index is 0.00760. The molecule has 0 aliphatic carbocycles. The largest absolute Gasteiger partial charge is 0.495 e. The van der Waals surface area contributed by atoms with E-state index in [1.54, 1.807) is 13.0 Å². The van der Waals surface area contributed by atoms with Crippen LogP contribution < -0.4 is 5.46 Å². The van der Waals surface area contributed by atoms with Crippen molar-refractivity contribution in [2.24, 2.45) is 0 Å². The standard InChI is InChI=1S/C17H24BF3O4/c1-6-22-11-23-10-12-13(17(19,20)21)8-7-9-14(12)18-24-15(2,3)16(4,5)25-18/h7-9H,6,10-11H2,1-5H3. The van der Waals surface area contributed by atoms with Crippen LogP contribution in [0.25, 0.3) is 0 Å². The SMILES string of the molecule is CCOCOCc1c(B2OC(C)(C)C(C)(C)O2)cccc1C(F)(F)F. The average molecular weight is 360 g/mol. The second kappa shape index (κ2) is 7.27. The molecule has 0 amide bonds. The molecular weight excluding hydrogens is 336 g/mol. The van der Waals surface area contributed by atoms with Gasteiger partial charge in [-0.15, -0.1) is 0 Å². The molecule has 1 aliphatic rings. The Balaban J connectivity index is 2.37. The van der Waals surface area contributed by atoms with Crippen LogP contribution in [0.2, 0.25) is 0 Å². The Kier molecular flexibility index (Phi) is 5.88. The first kappa shape index (κ1) is 20.2. The van der Waals surface area contributed by atoms with Crippen molar-refractivity contribution in [1.29, 1.82) is 0 Å². The van der Waals surface area contributed by atoms with Crippen LogP contribution in [-0.2, 0) is 31.6 Å². The van der Waals surface area contributed by atoms with Crippen molar-refractivity contribution in [3.8, 4) is 0 Å². The first-order chi connectivity index (χ1) is 11.5. The van der Waals surface area contributed by atoms with Crippen molar-refractivity contribution in [2.45, 2.75) is 58.6 Å². The molecule has 4 nitrogen and oxygen atoms in total. The Labute approximate surface area is 146 Å². The van der Waals surface area contributed by atoms with Crippen LogP contribution >= 0.6 is 0 Å². The van der Waals surface area contributed by atoms with Crippen LogP contribution in [-0.4, -0.2) is 31.7 Å². The Hall–Kier alpha value is -1.09. The molecule has 0 N–H and O–H groups in total. The van der Waals surface area contributed by atoms with Gasteiger partial charge in [0.25, 0.3) is 0 Å². The van der Waals surface area contributed by atoms with Crippen molar-refractivity contribution in [3.05, 3.63) is 29.3 Å². The predicted molar refractivity (Wildman–Crippen MR) is 88.4 cm³/mol. The van der Waals surface area contributed by atoms with Gasteiger partial charge < -0.3 is 18.8 Å². The van der Waals surface area contributed by atoms with Crippen LogP contribution in [0.5, 0.6) is 0 Å². The summed E-state index contributed by atoms with van der Waals surface area (Å²) in [5, 5.41) is 0. The monoisotopic (exact) mass is 360 g/mol. The number of halogens is 3. The summed E-state index contributed by atoms with van der Waals surface area (Å²) in [5.41, 5.74) is -1.71. The average Bonchev–Trinajstić information content (AvgIpc) is 2.70. The van der Waals surface area contributed by atoms with E-state index in [0.717, 1.165) is 6.07 Å². The minimum atomic E-state index is -4.50.